The Hall–Kier alpha value is -1.68. The van der Waals surface area contributed by atoms with Crippen LogP contribution in [0.4, 0.5) is 0 Å². The lowest BCUT2D eigenvalue weighted by atomic mass is 10.3. The zero-order valence-corrected chi connectivity index (χ0v) is 15.9. The van der Waals surface area contributed by atoms with Gasteiger partial charge in [0.2, 0.25) is 0 Å². The third kappa shape index (κ3) is 13.6. The van der Waals surface area contributed by atoms with Gasteiger partial charge in [0.05, 0.1) is 26.2 Å². The molecule has 9 heteroatoms. The molecule has 150 valence electrons. The number of carbonyl (C=O) groups is 4. The average Bonchev–Trinajstić information content (AvgIpc) is 2.58. The van der Waals surface area contributed by atoms with E-state index in [1.807, 2.05) is 21.6 Å². The summed E-state index contributed by atoms with van der Waals surface area (Å²) in [6, 6.07) is 0. The van der Waals surface area contributed by atoms with E-state index in [1.54, 1.807) is 0 Å². The second-order valence-electron chi connectivity index (χ2n) is 6.08. The van der Waals surface area contributed by atoms with Crippen LogP contribution in [-0.2, 0) is 19.2 Å². The van der Waals surface area contributed by atoms with Crippen LogP contribution in [0.2, 0.25) is 0 Å². The zero-order valence-electron chi connectivity index (χ0n) is 15.9. The molecule has 0 amide bonds. The van der Waals surface area contributed by atoms with Crippen molar-refractivity contribution < 1.29 is 24.3 Å². The molecule has 0 aromatic heterocycles. The number of rotatable bonds is 18. The Morgan fingerprint density at radius 1 is 0.923 bits per heavy atom. The van der Waals surface area contributed by atoms with Gasteiger partial charge < -0.3 is 20.0 Å². The molecule has 0 spiro atoms. The number of hydrogen-bond acceptors (Lipinski definition) is 8. The first kappa shape index (κ1) is 24.3. The number of hydrogen-bond donors (Lipinski definition) is 2. The van der Waals surface area contributed by atoms with Crippen molar-refractivity contribution in [1.82, 2.24) is 20.0 Å². The topological polar surface area (TPSA) is 110 Å². The zero-order chi connectivity index (χ0) is 19.8. The Bertz CT molecular complexity index is 433. The minimum Gasteiger partial charge on any atom is -0.480 e. The van der Waals surface area contributed by atoms with Crippen molar-refractivity contribution in [3.63, 3.8) is 0 Å². The van der Waals surface area contributed by atoms with E-state index in [0.717, 1.165) is 19.1 Å². The first-order valence-corrected chi connectivity index (χ1v) is 8.89. The van der Waals surface area contributed by atoms with Crippen molar-refractivity contribution in [2.24, 2.45) is 0 Å². The Kier molecular flexibility index (Phi) is 14.6. The normalized spacial score (nSPS) is 11.3. The maximum Gasteiger partial charge on any atom is 0.317 e. The van der Waals surface area contributed by atoms with Gasteiger partial charge in [-0.2, -0.15) is 0 Å². The highest BCUT2D eigenvalue weighted by atomic mass is 16.4. The molecule has 0 heterocycles. The highest BCUT2D eigenvalue weighted by Crippen LogP contribution is 1.96. The van der Waals surface area contributed by atoms with E-state index >= 15 is 0 Å². The van der Waals surface area contributed by atoms with Gasteiger partial charge in [-0.05, 0) is 13.5 Å². The number of nitrogens with zero attached hydrogens (tertiary/aromatic N) is 3. The molecule has 0 fully saturated rings. The second kappa shape index (κ2) is 15.6. The molecule has 0 rings (SSSR count). The van der Waals surface area contributed by atoms with Crippen molar-refractivity contribution in [2.45, 2.75) is 13.8 Å². The smallest absolute Gasteiger partial charge is 0.317 e. The quantitative estimate of drug-likeness (QED) is 0.221. The summed E-state index contributed by atoms with van der Waals surface area (Å²) in [4.78, 5) is 49.2. The maximum absolute atomic E-state index is 11.4. The summed E-state index contributed by atoms with van der Waals surface area (Å²) in [6.07, 6.45) is 1.62. The molecule has 0 aromatic carbocycles. The van der Waals surface area contributed by atoms with Gasteiger partial charge in [0, 0.05) is 39.3 Å². The first-order chi connectivity index (χ1) is 12.4. The largest absolute Gasteiger partial charge is 0.480 e. The standard InChI is InChI=1S/C17H32N4O5/c1-3-19(11-13-23)7-8-21(15-17(25)26)10-9-20(14-16(2)24)6-4-18-5-12-22/h12-13,18H,3-11,14-15H2,1-2H3,(H,25,26). The summed E-state index contributed by atoms with van der Waals surface area (Å²) >= 11 is 0. The number of aliphatic carboxylic acids is 1. The van der Waals surface area contributed by atoms with Crippen LogP contribution in [0.1, 0.15) is 13.8 Å². The van der Waals surface area contributed by atoms with Crippen molar-refractivity contribution >= 4 is 24.3 Å². The molecule has 0 atom stereocenters. The SMILES string of the molecule is CCN(CC=O)CCN(CCN(CCNCC=O)CC(C)=O)CC(=O)O. The van der Waals surface area contributed by atoms with E-state index < -0.39 is 5.97 Å². The molecule has 0 bridgehead atoms. The van der Waals surface area contributed by atoms with Gasteiger partial charge in [-0.15, -0.1) is 0 Å². The fourth-order valence-electron chi connectivity index (χ4n) is 2.49. The number of nitrogens with one attached hydrogen (secondary N) is 1. The average molecular weight is 372 g/mol. The van der Waals surface area contributed by atoms with Crippen LogP contribution in [0.25, 0.3) is 0 Å². The molecule has 26 heavy (non-hydrogen) atoms. The molecular formula is C17H32N4O5. The second-order valence-corrected chi connectivity index (χ2v) is 6.08. The summed E-state index contributed by atoms with van der Waals surface area (Å²) in [6.45, 7) is 8.35. The van der Waals surface area contributed by atoms with E-state index in [4.69, 9.17) is 5.11 Å². The molecule has 0 unspecified atom stereocenters. The predicted molar refractivity (Wildman–Crippen MR) is 98.3 cm³/mol. The van der Waals surface area contributed by atoms with Crippen LogP contribution in [0, 0.1) is 0 Å². The van der Waals surface area contributed by atoms with Crippen LogP contribution in [0.3, 0.4) is 0 Å². The summed E-state index contributed by atoms with van der Waals surface area (Å²) in [7, 11) is 0. The van der Waals surface area contributed by atoms with E-state index in [9.17, 15) is 19.2 Å². The summed E-state index contributed by atoms with van der Waals surface area (Å²) in [5.41, 5.74) is 0. The third-order valence-corrected chi connectivity index (χ3v) is 3.88. The van der Waals surface area contributed by atoms with Crippen molar-refractivity contribution in [1.29, 1.82) is 0 Å². The maximum atomic E-state index is 11.4. The van der Waals surface area contributed by atoms with Crippen LogP contribution in [0.5, 0.6) is 0 Å². The van der Waals surface area contributed by atoms with Crippen LogP contribution >= 0.6 is 0 Å². The predicted octanol–water partition coefficient (Wildman–Crippen LogP) is -1.43. The number of carboxylic acid groups (broad SMARTS) is 1. The summed E-state index contributed by atoms with van der Waals surface area (Å²) < 4.78 is 0. The molecule has 0 aliphatic heterocycles. The minimum atomic E-state index is -0.908. The molecule has 0 saturated carbocycles. The molecule has 0 aromatic rings. The Morgan fingerprint density at radius 3 is 1.96 bits per heavy atom. The van der Waals surface area contributed by atoms with Crippen molar-refractivity contribution in [3.8, 4) is 0 Å². The number of Topliss-reactive ketones (excluding diaryl/α,β-unsaturated/α-hetero) is 1. The number of likely N-dealkylation sites (N-methyl/N-ethyl adjacent to an activating group) is 1. The monoisotopic (exact) mass is 372 g/mol. The lowest BCUT2D eigenvalue weighted by Crippen LogP contribution is -2.44. The molecule has 9 nitrogen and oxygen atoms in total. The lowest BCUT2D eigenvalue weighted by molar-refractivity contribution is -0.138. The summed E-state index contributed by atoms with van der Waals surface area (Å²) in [5.74, 6) is -0.873. The van der Waals surface area contributed by atoms with Gasteiger partial charge in [0.1, 0.15) is 18.4 Å². The molecule has 0 aliphatic rings. The van der Waals surface area contributed by atoms with Gasteiger partial charge in [0.15, 0.2) is 0 Å². The highest BCUT2D eigenvalue weighted by Gasteiger charge is 2.14. The van der Waals surface area contributed by atoms with Gasteiger partial charge in [-0.1, -0.05) is 6.92 Å². The van der Waals surface area contributed by atoms with Gasteiger partial charge in [-0.25, -0.2) is 0 Å². The van der Waals surface area contributed by atoms with Crippen LogP contribution in [0.15, 0.2) is 0 Å². The van der Waals surface area contributed by atoms with E-state index in [-0.39, 0.29) is 25.4 Å². The van der Waals surface area contributed by atoms with Gasteiger partial charge in [-0.3, -0.25) is 24.3 Å². The van der Waals surface area contributed by atoms with Crippen molar-refractivity contribution in [2.75, 3.05) is 72.0 Å². The summed E-state index contributed by atoms with van der Waals surface area (Å²) in [5, 5.41) is 12.1. The van der Waals surface area contributed by atoms with E-state index in [1.165, 1.54) is 6.92 Å². The number of carbonyl (C=O) groups excluding carboxylic acids is 3. The van der Waals surface area contributed by atoms with E-state index in [2.05, 4.69) is 5.32 Å². The number of ketones is 1. The number of carboxylic acids is 1. The van der Waals surface area contributed by atoms with Crippen LogP contribution in [-0.4, -0.2) is 116 Å². The van der Waals surface area contributed by atoms with Crippen molar-refractivity contribution in [3.05, 3.63) is 0 Å². The Balaban J connectivity index is 4.56. The molecule has 0 saturated heterocycles. The van der Waals surface area contributed by atoms with Gasteiger partial charge in [0.25, 0.3) is 0 Å². The third-order valence-electron chi connectivity index (χ3n) is 3.88. The highest BCUT2D eigenvalue weighted by molar-refractivity contribution is 5.77. The molecule has 0 radical (unpaired) electrons. The first-order valence-electron chi connectivity index (χ1n) is 8.89. The minimum absolute atomic E-state index is 0.0355. The lowest BCUT2D eigenvalue weighted by Gasteiger charge is -2.28. The Labute approximate surface area is 155 Å². The molecule has 0 aliphatic carbocycles. The Morgan fingerprint density at radius 2 is 1.50 bits per heavy atom. The fraction of sp³-hybridized carbons (Fsp3) is 0.765. The fourth-order valence-corrected chi connectivity index (χ4v) is 2.49. The molecule has 2 N–H and O–H groups in total. The number of aldehydes is 2. The van der Waals surface area contributed by atoms with Crippen LogP contribution < -0.4 is 5.32 Å². The van der Waals surface area contributed by atoms with Gasteiger partial charge >= 0.3 is 5.97 Å². The van der Waals surface area contributed by atoms with E-state index in [0.29, 0.717) is 45.8 Å². The molecular weight excluding hydrogens is 340 g/mol.